The predicted octanol–water partition coefficient (Wildman–Crippen LogP) is 5.55. The van der Waals surface area contributed by atoms with Crippen molar-refractivity contribution in [2.45, 2.75) is 44.8 Å². The van der Waals surface area contributed by atoms with Crippen molar-refractivity contribution in [3.8, 4) is 22.6 Å². The summed E-state index contributed by atoms with van der Waals surface area (Å²) in [5, 5.41) is 13.2. The van der Waals surface area contributed by atoms with E-state index in [1.54, 1.807) is 36.7 Å². The number of cyclic esters (lactones) is 1. The van der Waals surface area contributed by atoms with Gasteiger partial charge in [-0.05, 0) is 48.5 Å². The van der Waals surface area contributed by atoms with Gasteiger partial charge in [0.25, 0.3) is 0 Å². The molecule has 3 heterocycles. The third-order valence-corrected chi connectivity index (χ3v) is 6.14. The third kappa shape index (κ3) is 5.63. The van der Waals surface area contributed by atoms with E-state index < -0.39 is 18.2 Å². The minimum atomic E-state index is -0.748. The van der Waals surface area contributed by atoms with Crippen molar-refractivity contribution in [1.29, 1.82) is 0 Å². The number of aliphatic hydroxyl groups excluding tert-OH is 1. The van der Waals surface area contributed by atoms with Crippen LogP contribution in [0.2, 0.25) is 0 Å². The SMILES string of the molecule is CC(C)c1nc(-c2ccnc(Nc3ccccc3)n2)c(-c2ccc(F)cc2)n1/C=C/[C@H]1C[C@@H](O)CC(=O)O1. The molecule has 2 aromatic heterocycles. The molecule has 2 N–H and O–H groups in total. The first-order valence-corrected chi connectivity index (χ1v) is 12.5. The summed E-state index contributed by atoms with van der Waals surface area (Å²) in [7, 11) is 0. The van der Waals surface area contributed by atoms with Crippen molar-refractivity contribution >= 4 is 23.8 Å². The van der Waals surface area contributed by atoms with Gasteiger partial charge in [-0.2, -0.15) is 0 Å². The molecule has 0 radical (unpaired) electrons. The smallest absolute Gasteiger partial charge is 0.309 e. The van der Waals surface area contributed by atoms with Gasteiger partial charge in [0.05, 0.1) is 23.9 Å². The summed E-state index contributed by atoms with van der Waals surface area (Å²) < 4.78 is 21.2. The van der Waals surface area contributed by atoms with E-state index in [9.17, 15) is 14.3 Å². The molecule has 8 nitrogen and oxygen atoms in total. The van der Waals surface area contributed by atoms with Gasteiger partial charge in [0.2, 0.25) is 5.95 Å². The highest BCUT2D eigenvalue weighted by atomic mass is 19.1. The van der Waals surface area contributed by atoms with E-state index in [1.165, 1.54) is 12.1 Å². The van der Waals surface area contributed by atoms with Crippen LogP contribution >= 0.6 is 0 Å². The largest absolute Gasteiger partial charge is 0.458 e. The number of halogens is 1. The van der Waals surface area contributed by atoms with E-state index in [0.29, 0.717) is 29.5 Å². The van der Waals surface area contributed by atoms with Gasteiger partial charge in [0.15, 0.2) is 0 Å². The lowest BCUT2D eigenvalue weighted by Crippen LogP contribution is -2.31. The topological polar surface area (TPSA) is 102 Å². The fraction of sp³-hybridized carbons (Fsp3) is 0.241. The molecule has 1 aliphatic rings. The summed E-state index contributed by atoms with van der Waals surface area (Å²) in [5.74, 6) is 0.399. The predicted molar refractivity (Wildman–Crippen MR) is 143 cm³/mol. The molecule has 0 amide bonds. The number of nitrogens with one attached hydrogen (secondary N) is 1. The maximum absolute atomic E-state index is 13.8. The Morgan fingerprint density at radius 2 is 1.87 bits per heavy atom. The van der Waals surface area contributed by atoms with Gasteiger partial charge in [-0.15, -0.1) is 0 Å². The van der Waals surface area contributed by atoms with Crippen LogP contribution in [0.1, 0.15) is 38.4 Å². The Balaban J connectivity index is 1.61. The Labute approximate surface area is 219 Å². The Hall–Kier alpha value is -4.37. The summed E-state index contributed by atoms with van der Waals surface area (Å²) in [6, 6.07) is 17.6. The number of anilines is 2. The van der Waals surface area contributed by atoms with Crippen LogP contribution in [0.15, 0.2) is 72.9 Å². The van der Waals surface area contributed by atoms with Crippen LogP contribution in [0.3, 0.4) is 0 Å². The minimum absolute atomic E-state index is 0.00923. The van der Waals surface area contributed by atoms with Crippen LogP contribution in [0, 0.1) is 5.82 Å². The highest BCUT2D eigenvalue weighted by Crippen LogP contribution is 2.35. The first kappa shape index (κ1) is 25.3. The summed E-state index contributed by atoms with van der Waals surface area (Å²) >= 11 is 0. The molecule has 38 heavy (non-hydrogen) atoms. The molecular weight excluding hydrogens is 485 g/mol. The lowest BCUT2D eigenvalue weighted by atomic mass is 10.1. The van der Waals surface area contributed by atoms with E-state index in [-0.39, 0.29) is 18.2 Å². The highest BCUT2D eigenvalue weighted by Gasteiger charge is 2.26. The van der Waals surface area contributed by atoms with Gasteiger partial charge >= 0.3 is 5.97 Å². The molecule has 1 aliphatic heterocycles. The number of hydrogen-bond donors (Lipinski definition) is 2. The van der Waals surface area contributed by atoms with Gasteiger partial charge in [-0.1, -0.05) is 32.0 Å². The van der Waals surface area contributed by atoms with E-state index in [4.69, 9.17) is 14.7 Å². The molecule has 1 saturated heterocycles. The molecule has 0 unspecified atom stereocenters. The second-order valence-corrected chi connectivity index (χ2v) is 9.42. The van der Waals surface area contributed by atoms with Gasteiger partial charge in [-0.25, -0.2) is 19.3 Å². The van der Waals surface area contributed by atoms with Crippen molar-refractivity contribution in [3.05, 3.63) is 84.6 Å². The summed E-state index contributed by atoms with van der Waals surface area (Å²) in [6.45, 7) is 4.05. The summed E-state index contributed by atoms with van der Waals surface area (Å²) in [6.07, 6.45) is 4.19. The van der Waals surface area contributed by atoms with Crippen molar-refractivity contribution in [1.82, 2.24) is 19.5 Å². The zero-order valence-electron chi connectivity index (χ0n) is 21.1. The summed E-state index contributed by atoms with van der Waals surface area (Å²) in [4.78, 5) is 25.9. The molecule has 0 saturated carbocycles. The molecule has 9 heteroatoms. The molecule has 0 spiro atoms. The van der Waals surface area contributed by atoms with Gasteiger partial charge < -0.3 is 19.7 Å². The first-order valence-electron chi connectivity index (χ1n) is 12.5. The van der Waals surface area contributed by atoms with Crippen LogP contribution in [-0.4, -0.2) is 42.8 Å². The molecule has 0 aliphatic carbocycles. The number of carbonyl (C=O) groups excluding carboxylic acids is 1. The molecule has 2 atom stereocenters. The minimum Gasteiger partial charge on any atom is -0.458 e. The Morgan fingerprint density at radius 1 is 1.11 bits per heavy atom. The van der Waals surface area contributed by atoms with E-state index >= 15 is 0 Å². The van der Waals surface area contributed by atoms with Gasteiger partial charge in [-0.3, -0.25) is 4.79 Å². The van der Waals surface area contributed by atoms with Gasteiger partial charge in [0, 0.05) is 36.0 Å². The Bertz CT molecular complexity index is 1450. The standard InChI is InChI=1S/C29H28FN5O3/c1-18(2)28-34-26(24-12-14-31-29(33-24)32-21-6-4-3-5-7-21)27(19-8-10-20(30)11-9-19)35(28)15-13-23-16-22(36)17-25(37)38-23/h3-15,18,22-23,36H,16-17H2,1-2H3,(H,31,32,33)/b15-13+/t22-,23+/m1/s1. The number of imidazole rings is 1. The van der Waals surface area contributed by atoms with E-state index in [1.807, 2.05) is 48.7 Å². The van der Waals surface area contributed by atoms with Crippen LogP contribution in [-0.2, 0) is 9.53 Å². The molecule has 2 aromatic carbocycles. The molecule has 4 aromatic rings. The molecule has 1 fully saturated rings. The zero-order chi connectivity index (χ0) is 26.6. The fourth-order valence-corrected chi connectivity index (χ4v) is 4.38. The zero-order valence-corrected chi connectivity index (χ0v) is 21.1. The van der Waals surface area contributed by atoms with E-state index in [2.05, 4.69) is 10.3 Å². The second-order valence-electron chi connectivity index (χ2n) is 9.42. The van der Waals surface area contributed by atoms with Crippen molar-refractivity contribution in [2.24, 2.45) is 0 Å². The van der Waals surface area contributed by atoms with Crippen LogP contribution in [0.25, 0.3) is 28.8 Å². The number of esters is 1. The number of carbonyl (C=O) groups is 1. The van der Waals surface area contributed by atoms with Crippen molar-refractivity contribution < 1.29 is 19.0 Å². The number of nitrogens with zero attached hydrogens (tertiary/aromatic N) is 4. The highest BCUT2D eigenvalue weighted by molar-refractivity contribution is 5.80. The molecule has 5 rings (SSSR count). The lowest BCUT2D eigenvalue weighted by molar-refractivity contribution is -0.156. The van der Waals surface area contributed by atoms with Crippen LogP contribution in [0.4, 0.5) is 16.0 Å². The lowest BCUT2D eigenvalue weighted by Gasteiger charge is -2.23. The maximum Gasteiger partial charge on any atom is 0.309 e. The van der Waals surface area contributed by atoms with Crippen molar-refractivity contribution in [3.63, 3.8) is 0 Å². The van der Waals surface area contributed by atoms with Crippen molar-refractivity contribution in [2.75, 3.05) is 5.32 Å². The average Bonchev–Trinajstić information content (AvgIpc) is 3.28. The number of hydrogen-bond acceptors (Lipinski definition) is 7. The summed E-state index contributed by atoms with van der Waals surface area (Å²) in [5.41, 5.74) is 3.48. The van der Waals surface area contributed by atoms with Crippen LogP contribution < -0.4 is 5.32 Å². The average molecular weight is 514 g/mol. The number of aliphatic hydroxyl groups is 1. The normalized spacial score (nSPS) is 17.7. The Kier molecular flexibility index (Phi) is 7.28. The first-order chi connectivity index (χ1) is 18.4. The second kappa shape index (κ2) is 10.9. The number of para-hydroxylation sites is 1. The number of rotatable bonds is 7. The molecular formula is C29H28FN5O3. The monoisotopic (exact) mass is 513 g/mol. The quantitative estimate of drug-likeness (QED) is 0.312. The number of ether oxygens (including phenoxy) is 1. The number of aromatic nitrogens is 4. The van der Waals surface area contributed by atoms with Crippen LogP contribution in [0.5, 0.6) is 0 Å². The maximum atomic E-state index is 13.8. The third-order valence-electron chi connectivity index (χ3n) is 6.14. The molecule has 194 valence electrons. The van der Waals surface area contributed by atoms with Gasteiger partial charge in [0.1, 0.15) is 23.4 Å². The van der Waals surface area contributed by atoms with E-state index in [0.717, 1.165) is 17.1 Å². The Morgan fingerprint density at radius 3 is 2.58 bits per heavy atom. The number of benzene rings is 2. The molecule has 0 bridgehead atoms. The fourth-order valence-electron chi connectivity index (χ4n) is 4.38.